The van der Waals surface area contributed by atoms with E-state index < -0.39 is 17.5 Å². The number of nitrogens with one attached hydrogen (secondary N) is 1. The highest BCUT2D eigenvalue weighted by Gasteiger charge is 2.21. The van der Waals surface area contributed by atoms with E-state index >= 15 is 0 Å². The number of rotatable bonds is 12. The Morgan fingerprint density at radius 3 is 2.39 bits per heavy atom. The summed E-state index contributed by atoms with van der Waals surface area (Å²) in [5.74, 6) is -0.285. The van der Waals surface area contributed by atoms with Gasteiger partial charge in [0.2, 0.25) is 5.91 Å². The van der Waals surface area contributed by atoms with Crippen molar-refractivity contribution in [2.45, 2.75) is 66.0 Å². The molecule has 1 unspecified atom stereocenters. The highest BCUT2D eigenvalue weighted by atomic mass is 16.5. The number of amides is 1. The van der Waals surface area contributed by atoms with E-state index in [1.54, 1.807) is 17.6 Å². The third-order valence-corrected chi connectivity index (χ3v) is 6.56. The Morgan fingerprint density at radius 2 is 1.75 bits per heavy atom. The van der Waals surface area contributed by atoms with Crippen LogP contribution in [0.2, 0.25) is 0 Å². The molecule has 1 heterocycles. The van der Waals surface area contributed by atoms with Gasteiger partial charge in [0.25, 0.3) is 0 Å². The normalized spacial score (nSPS) is 12.5. The van der Waals surface area contributed by atoms with E-state index in [9.17, 15) is 14.8 Å². The van der Waals surface area contributed by atoms with Gasteiger partial charge in [-0.2, -0.15) is 0 Å². The average molecular weight is 495 g/mol. The maximum atomic E-state index is 12.5. The van der Waals surface area contributed by atoms with Gasteiger partial charge in [0.15, 0.2) is 0 Å². The lowest BCUT2D eigenvalue weighted by Crippen LogP contribution is -2.39. The molecule has 1 atom stereocenters. The molecule has 7 heteroatoms. The van der Waals surface area contributed by atoms with Gasteiger partial charge in [0, 0.05) is 35.5 Å². The van der Waals surface area contributed by atoms with Crippen molar-refractivity contribution in [3.63, 3.8) is 0 Å². The average Bonchev–Trinajstić information content (AvgIpc) is 2.84. The molecule has 0 aliphatic carbocycles. The Hall–Kier alpha value is -3.16. The second-order valence-electron chi connectivity index (χ2n) is 9.93. The molecule has 1 amide bonds. The summed E-state index contributed by atoms with van der Waals surface area (Å²) in [6, 6.07) is 16.1. The molecule has 0 radical (unpaired) electrons. The van der Waals surface area contributed by atoms with Crippen LogP contribution in [-0.4, -0.2) is 41.2 Å². The molecule has 36 heavy (non-hydrogen) atoms. The van der Waals surface area contributed by atoms with Crippen LogP contribution in [-0.2, 0) is 17.6 Å². The number of ether oxygens (including phenoxy) is 1. The summed E-state index contributed by atoms with van der Waals surface area (Å²) in [4.78, 5) is 27.3. The summed E-state index contributed by atoms with van der Waals surface area (Å²) >= 11 is 0. The number of hydrogen-bond donors (Lipinski definition) is 2. The SMILES string of the molecule is Cc1ccc2oc(=O)c(CC(CCc3ccc(OCCN(C(C)C)C(C)C)cc3)C(=O)NO)cc2c1. The zero-order chi connectivity index (χ0) is 26.2. The van der Waals surface area contributed by atoms with Crippen LogP contribution in [0.4, 0.5) is 0 Å². The van der Waals surface area contributed by atoms with Crippen molar-refractivity contribution in [3.05, 3.63) is 75.6 Å². The van der Waals surface area contributed by atoms with Gasteiger partial charge in [0.05, 0.1) is 0 Å². The first-order valence-electron chi connectivity index (χ1n) is 12.6. The van der Waals surface area contributed by atoms with E-state index in [2.05, 4.69) is 32.6 Å². The van der Waals surface area contributed by atoms with Crippen molar-refractivity contribution < 1.29 is 19.2 Å². The lowest BCUT2D eigenvalue weighted by atomic mass is 9.92. The summed E-state index contributed by atoms with van der Waals surface area (Å²) < 4.78 is 11.4. The highest BCUT2D eigenvalue weighted by molar-refractivity contribution is 5.79. The largest absolute Gasteiger partial charge is 0.492 e. The molecule has 2 N–H and O–H groups in total. The van der Waals surface area contributed by atoms with Gasteiger partial charge in [-0.15, -0.1) is 0 Å². The van der Waals surface area contributed by atoms with Crippen LogP contribution >= 0.6 is 0 Å². The summed E-state index contributed by atoms with van der Waals surface area (Å²) in [5.41, 5.74) is 4.32. The van der Waals surface area contributed by atoms with Crippen LogP contribution in [0.3, 0.4) is 0 Å². The second kappa shape index (κ2) is 12.7. The van der Waals surface area contributed by atoms with Crippen molar-refractivity contribution in [3.8, 4) is 5.75 Å². The van der Waals surface area contributed by atoms with Crippen molar-refractivity contribution in [1.29, 1.82) is 0 Å². The van der Waals surface area contributed by atoms with Crippen LogP contribution in [0.15, 0.2) is 57.7 Å². The molecule has 0 bridgehead atoms. The number of aryl methyl sites for hydroxylation is 2. The van der Waals surface area contributed by atoms with Crippen molar-refractivity contribution in [1.82, 2.24) is 10.4 Å². The summed E-state index contributed by atoms with van der Waals surface area (Å²) in [6.07, 6.45) is 1.27. The number of carbonyl (C=O) groups is 1. The van der Waals surface area contributed by atoms with Gasteiger partial charge >= 0.3 is 5.63 Å². The molecule has 194 valence electrons. The molecule has 0 aliphatic rings. The van der Waals surface area contributed by atoms with Gasteiger partial charge in [-0.3, -0.25) is 14.9 Å². The zero-order valence-corrected chi connectivity index (χ0v) is 21.9. The smallest absolute Gasteiger partial charge is 0.339 e. The third kappa shape index (κ3) is 7.42. The monoisotopic (exact) mass is 494 g/mol. The quantitative estimate of drug-likeness (QED) is 0.211. The number of carbonyl (C=O) groups excluding carboxylic acids is 1. The summed E-state index contributed by atoms with van der Waals surface area (Å²) in [5, 5.41) is 10.1. The van der Waals surface area contributed by atoms with E-state index in [-0.39, 0.29) is 6.42 Å². The first kappa shape index (κ1) is 27.4. The number of hydroxylamine groups is 1. The zero-order valence-electron chi connectivity index (χ0n) is 21.9. The lowest BCUT2D eigenvalue weighted by molar-refractivity contribution is -0.133. The standard InChI is InChI=1S/C29H38N2O5/c1-19(2)31(20(3)4)14-15-35-26-11-8-22(9-12-26)7-10-23(28(32)30-34)17-25-18-24-16-21(5)6-13-27(24)36-29(25)33/h6,8-9,11-13,16,18-20,23,34H,7,10,14-15,17H2,1-5H3,(H,30,32). The highest BCUT2D eigenvalue weighted by Crippen LogP contribution is 2.21. The van der Waals surface area contributed by atoms with E-state index in [1.165, 1.54) is 0 Å². The number of benzene rings is 2. The molecule has 0 aliphatic heterocycles. The van der Waals surface area contributed by atoms with Crippen LogP contribution in [0.1, 0.15) is 50.8 Å². The Morgan fingerprint density at radius 1 is 1.06 bits per heavy atom. The van der Waals surface area contributed by atoms with Gasteiger partial charge in [0.1, 0.15) is 17.9 Å². The van der Waals surface area contributed by atoms with Crippen molar-refractivity contribution in [2.24, 2.45) is 5.92 Å². The lowest BCUT2D eigenvalue weighted by Gasteiger charge is -2.30. The predicted octanol–water partition coefficient (Wildman–Crippen LogP) is 4.90. The third-order valence-electron chi connectivity index (χ3n) is 6.56. The molecular formula is C29H38N2O5. The topological polar surface area (TPSA) is 92.0 Å². The van der Waals surface area contributed by atoms with E-state index in [0.717, 1.165) is 28.8 Å². The molecule has 1 aromatic heterocycles. The summed E-state index contributed by atoms with van der Waals surface area (Å²) in [6.45, 7) is 12.2. The fourth-order valence-corrected chi connectivity index (χ4v) is 4.59. The maximum absolute atomic E-state index is 12.5. The second-order valence-corrected chi connectivity index (χ2v) is 9.93. The van der Waals surface area contributed by atoms with Crippen molar-refractivity contribution in [2.75, 3.05) is 13.2 Å². The summed E-state index contributed by atoms with van der Waals surface area (Å²) in [7, 11) is 0. The molecule has 0 spiro atoms. The number of hydrogen-bond acceptors (Lipinski definition) is 6. The molecule has 2 aromatic carbocycles. The van der Waals surface area contributed by atoms with Crippen LogP contribution in [0, 0.1) is 12.8 Å². The molecule has 3 rings (SSSR count). The molecule has 7 nitrogen and oxygen atoms in total. The minimum absolute atomic E-state index is 0.183. The maximum Gasteiger partial charge on any atom is 0.339 e. The van der Waals surface area contributed by atoms with Crippen molar-refractivity contribution >= 4 is 16.9 Å². The first-order valence-corrected chi connectivity index (χ1v) is 12.6. The van der Waals surface area contributed by atoms with Crippen LogP contribution in [0.5, 0.6) is 5.75 Å². The van der Waals surface area contributed by atoms with E-state index in [4.69, 9.17) is 9.15 Å². The van der Waals surface area contributed by atoms with E-state index in [1.807, 2.05) is 43.3 Å². The number of nitrogens with zero attached hydrogens (tertiary/aromatic N) is 1. The van der Waals surface area contributed by atoms with Gasteiger partial charge in [-0.05, 0) is 89.8 Å². The molecule has 0 saturated carbocycles. The Bertz CT molecular complexity index is 1190. The molecule has 3 aromatic rings. The van der Waals surface area contributed by atoms with Crippen LogP contribution in [0.25, 0.3) is 11.0 Å². The molecule has 0 saturated heterocycles. The van der Waals surface area contributed by atoms with Gasteiger partial charge in [-0.1, -0.05) is 23.8 Å². The molecule has 0 fully saturated rings. The van der Waals surface area contributed by atoms with Gasteiger partial charge in [-0.25, -0.2) is 10.3 Å². The molecular weight excluding hydrogens is 456 g/mol. The number of fused-ring (bicyclic) bond motifs is 1. The van der Waals surface area contributed by atoms with E-state index in [0.29, 0.717) is 42.7 Å². The first-order chi connectivity index (χ1) is 17.2. The minimum Gasteiger partial charge on any atom is -0.492 e. The van der Waals surface area contributed by atoms with Gasteiger partial charge < -0.3 is 9.15 Å². The van der Waals surface area contributed by atoms with Crippen LogP contribution < -0.4 is 15.8 Å². The Balaban J connectivity index is 1.61. The fourth-order valence-electron chi connectivity index (χ4n) is 4.59. The Labute approximate surface area is 213 Å². The predicted molar refractivity (Wildman–Crippen MR) is 142 cm³/mol. The minimum atomic E-state index is -0.575. The fraction of sp³-hybridized carbons (Fsp3) is 0.448. The Kier molecular flexibility index (Phi) is 9.67.